The highest BCUT2D eigenvalue weighted by Crippen LogP contribution is 2.26. The van der Waals surface area contributed by atoms with Crippen LogP contribution in [-0.2, 0) is 4.79 Å². The lowest BCUT2D eigenvalue weighted by atomic mass is 9.89. The van der Waals surface area contributed by atoms with E-state index in [1.54, 1.807) is 23.9 Å². The SMILES string of the molecule is O=C(C=Cc1cnc(N[C@@H]2CCN(CC3CCCCC3)C2)nc1)NO. The normalized spacial score (nSPS) is 22.4. The van der Waals surface area contributed by atoms with Crippen molar-refractivity contribution in [2.45, 2.75) is 44.6 Å². The van der Waals surface area contributed by atoms with Gasteiger partial charge in [-0.2, -0.15) is 0 Å². The van der Waals surface area contributed by atoms with Gasteiger partial charge in [0.05, 0.1) is 0 Å². The molecule has 7 heteroatoms. The minimum Gasteiger partial charge on any atom is -0.350 e. The average molecular weight is 345 g/mol. The third kappa shape index (κ3) is 5.51. The highest BCUT2D eigenvalue weighted by Gasteiger charge is 2.25. The molecule has 3 rings (SSSR count). The van der Waals surface area contributed by atoms with Crippen LogP contribution >= 0.6 is 0 Å². The Balaban J connectivity index is 1.45. The molecular weight excluding hydrogens is 318 g/mol. The monoisotopic (exact) mass is 345 g/mol. The highest BCUT2D eigenvalue weighted by molar-refractivity contribution is 5.90. The zero-order chi connectivity index (χ0) is 17.5. The number of hydrogen-bond donors (Lipinski definition) is 3. The second kappa shape index (κ2) is 8.92. The summed E-state index contributed by atoms with van der Waals surface area (Å²) in [6.45, 7) is 3.43. The maximum atomic E-state index is 10.9. The van der Waals surface area contributed by atoms with Gasteiger partial charge in [0.25, 0.3) is 5.91 Å². The molecule has 7 nitrogen and oxygen atoms in total. The lowest BCUT2D eigenvalue weighted by Gasteiger charge is -2.26. The molecule has 0 radical (unpaired) electrons. The van der Waals surface area contributed by atoms with Crippen molar-refractivity contribution in [3.8, 4) is 0 Å². The van der Waals surface area contributed by atoms with E-state index in [4.69, 9.17) is 5.21 Å². The topological polar surface area (TPSA) is 90.4 Å². The van der Waals surface area contributed by atoms with E-state index in [1.807, 2.05) is 0 Å². The van der Waals surface area contributed by atoms with Crippen molar-refractivity contribution in [1.29, 1.82) is 0 Å². The molecule has 1 saturated carbocycles. The van der Waals surface area contributed by atoms with Gasteiger partial charge < -0.3 is 10.2 Å². The first kappa shape index (κ1) is 17.8. The quantitative estimate of drug-likeness (QED) is 0.415. The predicted molar refractivity (Wildman–Crippen MR) is 96.0 cm³/mol. The Morgan fingerprint density at radius 1 is 1.24 bits per heavy atom. The maximum Gasteiger partial charge on any atom is 0.267 e. The lowest BCUT2D eigenvalue weighted by Crippen LogP contribution is -2.31. The van der Waals surface area contributed by atoms with Crippen molar-refractivity contribution in [2.24, 2.45) is 5.92 Å². The van der Waals surface area contributed by atoms with E-state index in [-0.39, 0.29) is 0 Å². The van der Waals surface area contributed by atoms with Crippen LogP contribution < -0.4 is 10.8 Å². The van der Waals surface area contributed by atoms with Gasteiger partial charge in [-0.1, -0.05) is 19.3 Å². The van der Waals surface area contributed by atoms with Crippen molar-refractivity contribution in [2.75, 3.05) is 25.0 Å². The summed E-state index contributed by atoms with van der Waals surface area (Å²) in [6, 6.07) is 0.394. The van der Waals surface area contributed by atoms with Crippen molar-refractivity contribution in [1.82, 2.24) is 20.3 Å². The fraction of sp³-hybridized carbons (Fsp3) is 0.611. The van der Waals surface area contributed by atoms with Gasteiger partial charge >= 0.3 is 0 Å². The zero-order valence-electron chi connectivity index (χ0n) is 14.5. The van der Waals surface area contributed by atoms with Gasteiger partial charge in [-0.15, -0.1) is 0 Å². The second-order valence-corrected chi connectivity index (χ2v) is 7.04. The first-order chi connectivity index (χ1) is 12.2. The van der Waals surface area contributed by atoms with Crippen molar-refractivity contribution in [3.63, 3.8) is 0 Å². The molecule has 0 aromatic carbocycles. The molecule has 0 spiro atoms. The number of amides is 1. The molecule has 2 aliphatic rings. The minimum atomic E-state index is -0.578. The van der Waals surface area contributed by atoms with Crippen molar-refractivity contribution < 1.29 is 10.0 Å². The Morgan fingerprint density at radius 2 is 2.00 bits per heavy atom. The standard InChI is InChI=1S/C18H27N5O2/c24-17(22-25)7-6-15-10-19-18(20-11-15)21-16-8-9-23(13-16)12-14-4-2-1-3-5-14/h6-7,10-11,14,16,25H,1-5,8-9,12-13H2,(H,22,24)(H,19,20,21)/t16-/m1/s1. The minimum absolute atomic E-state index is 0.394. The van der Waals surface area contributed by atoms with E-state index in [2.05, 4.69) is 20.2 Å². The molecule has 1 aromatic heterocycles. The summed E-state index contributed by atoms with van der Waals surface area (Å²) >= 11 is 0. The van der Waals surface area contributed by atoms with Gasteiger partial charge in [-0.25, -0.2) is 15.4 Å². The fourth-order valence-corrected chi connectivity index (χ4v) is 3.74. The van der Waals surface area contributed by atoms with Crippen LogP contribution in [0.1, 0.15) is 44.1 Å². The molecule has 2 fully saturated rings. The van der Waals surface area contributed by atoms with Crippen LogP contribution in [0.2, 0.25) is 0 Å². The van der Waals surface area contributed by atoms with E-state index in [0.717, 1.165) is 25.4 Å². The average Bonchev–Trinajstić information content (AvgIpc) is 3.08. The molecule has 1 saturated heterocycles. The number of rotatable bonds is 6. The third-order valence-electron chi connectivity index (χ3n) is 5.06. The number of anilines is 1. The fourth-order valence-electron chi connectivity index (χ4n) is 3.74. The van der Waals surface area contributed by atoms with Crippen LogP contribution in [0.15, 0.2) is 18.5 Å². The largest absolute Gasteiger partial charge is 0.350 e. The molecule has 25 heavy (non-hydrogen) atoms. The van der Waals surface area contributed by atoms with Gasteiger partial charge in [-0.3, -0.25) is 10.0 Å². The van der Waals surface area contributed by atoms with Crippen LogP contribution in [-0.4, -0.2) is 51.7 Å². The highest BCUT2D eigenvalue weighted by atomic mass is 16.5. The van der Waals surface area contributed by atoms with E-state index in [0.29, 0.717) is 17.6 Å². The molecule has 0 unspecified atom stereocenters. The van der Waals surface area contributed by atoms with E-state index < -0.39 is 5.91 Å². The first-order valence-electron chi connectivity index (χ1n) is 9.16. The summed E-state index contributed by atoms with van der Waals surface area (Å²) in [4.78, 5) is 22.1. The predicted octanol–water partition coefficient (Wildman–Crippen LogP) is 2.06. The number of carbonyl (C=O) groups excluding carboxylic acids is 1. The maximum absolute atomic E-state index is 10.9. The van der Waals surface area contributed by atoms with E-state index in [9.17, 15) is 4.79 Å². The van der Waals surface area contributed by atoms with Gasteiger partial charge in [0, 0.05) is 49.7 Å². The summed E-state index contributed by atoms with van der Waals surface area (Å²) in [6.07, 6.45) is 14.2. The molecule has 3 N–H and O–H groups in total. The van der Waals surface area contributed by atoms with E-state index in [1.165, 1.54) is 44.7 Å². The van der Waals surface area contributed by atoms with Gasteiger partial charge in [0.2, 0.25) is 5.95 Å². The summed E-state index contributed by atoms with van der Waals surface area (Å²) in [5, 5.41) is 11.8. The number of carbonyl (C=O) groups is 1. The van der Waals surface area contributed by atoms with Crippen LogP contribution in [0.25, 0.3) is 6.08 Å². The Labute approximate surface area is 148 Å². The Kier molecular flexibility index (Phi) is 6.36. The first-order valence-corrected chi connectivity index (χ1v) is 9.16. The number of hydrogen-bond acceptors (Lipinski definition) is 6. The molecule has 1 atom stereocenters. The van der Waals surface area contributed by atoms with E-state index >= 15 is 0 Å². The summed E-state index contributed by atoms with van der Waals surface area (Å²) in [7, 11) is 0. The Hall–Kier alpha value is -1.99. The second-order valence-electron chi connectivity index (χ2n) is 7.04. The molecule has 1 aliphatic heterocycles. The number of nitrogens with zero attached hydrogens (tertiary/aromatic N) is 3. The molecule has 1 amide bonds. The smallest absolute Gasteiger partial charge is 0.267 e. The van der Waals surface area contributed by atoms with Gasteiger partial charge in [0.15, 0.2) is 0 Å². The third-order valence-corrected chi connectivity index (χ3v) is 5.06. The van der Waals surface area contributed by atoms with Crippen molar-refractivity contribution in [3.05, 3.63) is 24.0 Å². The Bertz CT molecular complexity index is 584. The van der Waals surface area contributed by atoms with Crippen LogP contribution in [0, 0.1) is 5.92 Å². The molecule has 0 bridgehead atoms. The molecule has 2 heterocycles. The van der Waals surface area contributed by atoms with Crippen molar-refractivity contribution >= 4 is 17.9 Å². The van der Waals surface area contributed by atoms with Gasteiger partial charge in [-0.05, 0) is 31.3 Å². The van der Waals surface area contributed by atoms with Crippen LogP contribution in [0.4, 0.5) is 5.95 Å². The molecule has 1 aromatic rings. The summed E-state index contributed by atoms with van der Waals surface area (Å²) in [5.41, 5.74) is 2.25. The van der Waals surface area contributed by atoms with Crippen LogP contribution in [0.3, 0.4) is 0 Å². The molecule has 1 aliphatic carbocycles. The molecule has 136 valence electrons. The number of aromatic nitrogens is 2. The van der Waals surface area contributed by atoms with Gasteiger partial charge in [0.1, 0.15) is 0 Å². The number of likely N-dealkylation sites (tertiary alicyclic amines) is 1. The zero-order valence-corrected chi connectivity index (χ0v) is 14.5. The lowest BCUT2D eigenvalue weighted by molar-refractivity contribution is -0.124. The summed E-state index contributed by atoms with van der Waals surface area (Å²) in [5.74, 6) is 0.922. The number of nitrogens with one attached hydrogen (secondary N) is 2. The van der Waals surface area contributed by atoms with Crippen LogP contribution in [0.5, 0.6) is 0 Å². The molecular formula is C18H27N5O2. The number of hydroxylamine groups is 1. The summed E-state index contributed by atoms with van der Waals surface area (Å²) < 4.78 is 0. The Morgan fingerprint density at radius 3 is 2.72 bits per heavy atom.